The lowest BCUT2D eigenvalue weighted by Gasteiger charge is -2.21. The molecule has 3 aromatic carbocycles. The van der Waals surface area contributed by atoms with Crippen LogP contribution in [0.5, 0.6) is 0 Å². The van der Waals surface area contributed by atoms with Crippen LogP contribution in [0.1, 0.15) is 61.8 Å². The molecular weight excluding hydrogens is 384 g/mol. The van der Waals surface area contributed by atoms with Gasteiger partial charge in [-0.2, -0.15) is 0 Å². The fraction of sp³-hybridized carbons (Fsp3) is 0.312. The van der Waals surface area contributed by atoms with Gasteiger partial charge in [-0.1, -0.05) is 103 Å². The van der Waals surface area contributed by atoms with Gasteiger partial charge >= 0.3 is 0 Å². The van der Waals surface area contributed by atoms with E-state index in [1.807, 2.05) is 0 Å². The Balaban J connectivity index is 1.58. The summed E-state index contributed by atoms with van der Waals surface area (Å²) in [4.78, 5) is 0. The van der Waals surface area contributed by atoms with Crippen LogP contribution in [0.3, 0.4) is 0 Å². The molecule has 0 heteroatoms. The first kappa shape index (κ1) is 21.0. The zero-order chi connectivity index (χ0) is 22.1. The number of hydrogen-bond acceptors (Lipinski definition) is 0. The normalized spacial score (nSPS) is 19.9. The number of hydrogen-bond donors (Lipinski definition) is 0. The van der Waals surface area contributed by atoms with Gasteiger partial charge in [-0.3, -0.25) is 0 Å². The van der Waals surface area contributed by atoms with E-state index in [4.69, 9.17) is 0 Å². The standard InChI is InChI=1S/C32H34/c1-4-5-11-24-16-17-30-27(19-24)21-28(20-26-14-9-10-15-29(26)30)32-22(2)18-31(23(32)3)25-12-7-6-8-13-25/h6-10,12-19,28,31H,4-5,11,20-21H2,1-3H3. The number of aryl methyl sites for hydroxylation is 1. The van der Waals surface area contributed by atoms with Crippen LogP contribution in [0.2, 0.25) is 0 Å². The third-order valence-corrected chi connectivity index (χ3v) is 7.53. The molecule has 0 nitrogen and oxygen atoms in total. The predicted octanol–water partition coefficient (Wildman–Crippen LogP) is 8.47. The molecule has 0 saturated carbocycles. The SMILES string of the molecule is CCCCc1ccc2c(c1)CC(C1=C(C)C(c3ccccc3)C=C1C)Cc1ccccc1-2. The van der Waals surface area contributed by atoms with Gasteiger partial charge in [0.1, 0.15) is 0 Å². The molecule has 0 saturated heterocycles. The van der Waals surface area contributed by atoms with Gasteiger partial charge in [0.2, 0.25) is 0 Å². The van der Waals surface area contributed by atoms with E-state index in [0.717, 1.165) is 12.8 Å². The molecule has 0 N–H and O–H groups in total. The molecule has 0 heterocycles. The van der Waals surface area contributed by atoms with E-state index in [0.29, 0.717) is 11.8 Å². The van der Waals surface area contributed by atoms with E-state index >= 15 is 0 Å². The molecule has 2 aliphatic rings. The quantitative estimate of drug-likeness (QED) is 0.390. The first-order valence-electron chi connectivity index (χ1n) is 12.3. The van der Waals surface area contributed by atoms with Crippen LogP contribution >= 0.6 is 0 Å². The van der Waals surface area contributed by atoms with Crippen molar-refractivity contribution in [1.82, 2.24) is 0 Å². The minimum atomic E-state index is 0.417. The lowest BCUT2D eigenvalue weighted by atomic mass is 9.83. The van der Waals surface area contributed by atoms with Gasteiger partial charge in [0.15, 0.2) is 0 Å². The lowest BCUT2D eigenvalue weighted by Crippen LogP contribution is -2.12. The molecule has 0 bridgehead atoms. The summed E-state index contributed by atoms with van der Waals surface area (Å²) in [6.07, 6.45) is 8.45. The molecular formula is C32H34. The summed E-state index contributed by atoms with van der Waals surface area (Å²) >= 11 is 0. The molecule has 32 heavy (non-hydrogen) atoms. The number of allylic oxidation sites excluding steroid dienone is 4. The second kappa shape index (κ2) is 8.94. The number of rotatable bonds is 5. The van der Waals surface area contributed by atoms with Gasteiger partial charge in [-0.15, -0.1) is 0 Å². The topological polar surface area (TPSA) is 0 Å². The second-order valence-electron chi connectivity index (χ2n) is 9.69. The minimum Gasteiger partial charge on any atom is -0.0697 e. The van der Waals surface area contributed by atoms with Gasteiger partial charge in [0.25, 0.3) is 0 Å². The Morgan fingerprint density at radius 1 is 0.781 bits per heavy atom. The van der Waals surface area contributed by atoms with Gasteiger partial charge in [-0.05, 0) is 84.4 Å². The molecule has 0 aliphatic heterocycles. The third kappa shape index (κ3) is 3.88. The summed E-state index contributed by atoms with van der Waals surface area (Å²) in [6.45, 7) is 6.98. The van der Waals surface area contributed by atoms with Gasteiger partial charge in [0.05, 0.1) is 0 Å². The summed E-state index contributed by atoms with van der Waals surface area (Å²) in [7, 11) is 0. The Morgan fingerprint density at radius 3 is 2.31 bits per heavy atom. The molecule has 3 aromatic rings. The maximum Gasteiger partial charge on any atom is 0.0237 e. The largest absolute Gasteiger partial charge is 0.0697 e. The highest BCUT2D eigenvalue weighted by molar-refractivity contribution is 5.73. The zero-order valence-electron chi connectivity index (χ0n) is 19.7. The molecule has 0 radical (unpaired) electrons. The van der Waals surface area contributed by atoms with E-state index in [1.54, 1.807) is 11.1 Å². The number of fused-ring (bicyclic) bond motifs is 3. The minimum absolute atomic E-state index is 0.417. The number of unbranched alkanes of at least 4 members (excludes halogenated alkanes) is 1. The molecule has 5 rings (SSSR count). The Morgan fingerprint density at radius 2 is 1.50 bits per heavy atom. The molecule has 0 spiro atoms. The average molecular weight is 419 g/mol. The van der Waals surface area contributed by atoms with Gasteiger partial charge in [0, 0.05) is 5.92 Å². The molecule has 0 fully saturated rings. The summed E-state index contributed by atoms with van der Waals surface area (Å²) in [6, 6.07) is 27.4. The van der Waals surface area contributed by atoms with Crippen LogP contribution in [-0.4, -0.2) is 0 Å². The van der Waals surface area contributed by atoms with Crippen molar-refractivity contribution in [3.8, 4) is 11.1 Å². The lowest BCUT2D eigenvalue weighted by molar-refractivity contribution is 0.614. The van der Waals surface area contributed by atoms with Crippen molar-refractivity contribution in [1.29, 1.82) is 0 Å². The molecule has 2 unspecified atom stereocenters. The van der Waals surface area contributed by atoms with Crippen molar-refractivity contribution in [2.45, 2.75) is 58.8 Å². The van der Waals surface area contributed by atoms with Crippen LogP contribution in [0.15, 0.2) is 95.6 Å². The zero-order valence-corrected chi connectivity index (χ0v) is 19.7. The van der Waals surface area contributed by atoms with Crippen LogP contribution in [0.25, 0.3) is 11.1 Å². The first-order valence-corrected chi connectivity index (χ1v) is 12.3. The highest BCUT2D eigenvalue weighted by atomic mass is 14.3. The van der Waals surface area contributed by atoms with E-state index in [1.165, 1.54) is 58.2 Å². The van der Waals surface area contributed by atoms with E-state index in [9.17, 15) is 0 Å². The first-order chi connectivity index (χ1) is 15.7. The Hall–Kier alpha value is -2.86. The van der Waals surface area contributed by atoms with Crippen molar-refractivity contribution in [3.63, 3.8) is 0 Å². The van der Waals surface area contributed by atoms with Crippen LogP contribution < -0.4 is 0 Å². The van der Waals surface area contributed by atoms with Crippen molar-refractivity contribution in [3.05, 3.63) is 118 Å². The van der Waals surface area contributed by atoms with Crippen molar-refractivity contribution in [2.75, 3.05) is 0 Å². The smallest absolute Gasteiger partial charge is 0.0237 e. The maximum absolute atomic E-state index is 2.51. The molecule has 0 aromatic heterocycles. The summed E-state index contributed by atoms with van der Waals surface area (Å²) in [5.74, 6) is 0.948. The van der Waals surface area contributed by atoms with Crippen molar-refractivity contribution < 1.29 is 0 Å². The summed E-state index contributed by atoms with van der Waals surface area (Å²) in [5.41, 5.74) is 13.4. The number of benzene rings is 3. The van der Waals surface area contributed by atoms with E-state index < -0.39 is 0 Å². The predicted molar refractivity (Wildman–Crippen MR) is 137 cm³/mol. The van der Waals surface area contributed by atoms with Gasteiger partial charge < -0.3 is 0 Å². The highest BCUT2D eigenvalue weighted by Crippen LogP contribution is 2.45. The second-order valence-corrected chi connectivity index (χ2v) is 9.69. The molecule has 2 atom stereocenters. The summed E-state index contributed by atoms with van der Waals surface area (Å²) in [5, 5.41) is 0. The molecule has 162 valence electrons. The van der Waals surface area contributed by atoms with Crippen LogP contribution in [0.4, 0.5) is 0 Å². The fourth-order valence-corrected chi connectivity index (χ4v) is 5.98. The highest BCUT2D eigenvalue weighted by Gasteiger charge is 2.30. The average Bonchev–Trinajstić information content (AvgIpc) is 3.02. The maximum atomic E-state index is 2.51. The summed E-state index contributed by atoms with van der Waals surface area (Å²) < 4.78 is 0. The van der Waals surface area contributed by atoms with Crippen molar-refractivity contribution >= 4 is 0 Å². The molecule has 0 amide bonds. The fourth-order valence-electron chi connectivity index (χ4n) is 5.98. The van der Waals surface area contributed by atoms with Crippen LogP contribution in [-0.2, 0) is 19.3 Å². The molecule has 2 aliphatic carbocycles. The Kier molecular flexibility index (Phi) is 5.87. The Bertz CT molecular complexity index is 1180. The van der Waals surface area contributed by atoms with Gasteiger partial charge in [-0.25, -0.2) is 0 Å². The third-order valence-electron chi connectivity index (χ3n) is 7.53. The monoisotopic (exact) mass is 418 g/mol. The Labute approximate surface area is 193 Å². The van der Waals surface area contributed by atoms with Crippen LogP contribution in [0, 0.1) is 5.92 Å². The van der Waals surface area contributed by atoms with E-state index in [2.05, 4.69) is 99.6 Å². The van der Waals surface area contributed by atoms with E-state index in [-0.39, 0.29) is 0 Å². The van der Waals surface area contributed by atoms with Crippen molar-refractivity contribution in [2.24, 2.45) is 5.92 Å².